The van der Waals surface area contributed by atoms with Crippen molar-refractivity contribution in [3.63, 3.8) is 0 Å². The lowest BCUT2D eigenvalue weighted by Gasteiger charge is -2.42. The molecule has 0 radical (unpaired) electrons. The molecule has 0 saturated carbocycles. The number of carbonyl (C=O) groups is 1. The maximum atomic E-state index is 13.1. The third-order valence-electron chi connectivity index (χ3n) is 3.23. The molecule has 1 heterocycles. The van der Waals surface area contributed by atoms with Gasteiger partial charge in [-0.2, -0.15) is 0 Å². The predicted octanol–water partition coefficient (Wildman–Crippen LogP) is 2.87. The number of likely N-dealkylation sites (tertiary alicyclic amines) is 1. The summed E-state index contributed by atoms with van der Waals surface area (Å²) in [6.45, 7) is 5.91. The molecule has 1 aromatic rings. The third kappa shape index (κ3) is 3.91. The van der Waals surface area contributed by atoms with Gasteiger partial charge < -0.3 is 14.7 Å². The molecule has 0 unspecified atom stereocenters. The zero-order valence-corrected chi connectivity index (χ0v) is 12.3. The van der Waals surface area contributed by atoms with Gasteiger partial charge in [0, 0.05) is 25.1 Å². The summed E-state index contributed by atoms with van der Waals surface area (Å²) in [5.41, 5.74) is -0.395. The monoisotopic (exact) mass is 299 g/mol. The van der Waals surface area contributed by atoms with Gasteiger partial charge in [0.05, 0.1) is 6.10 Å². The van der Waals surface area contributed by atoms with Crippen LogP contribution in [0.4, 0.5) is 13.6 Å². The Hall–Kier alpha value is -1.69. The standard InChI is InChI=1S/C15H19F2NO3/c1-15(2,3)21-14(20)18-7-10(8-18)13(19)9-4-11(16)6-12(17)5-9/h4-6,10,13,19H,7-8H2,1-3H3/t13-/m1/s1. The fourth-order valence-corrected chi connectivity index (χ4v) is 2.21. The molecule has 0 spiro atoms. The number of hydrogen-bond donors (Lipinski definition) is 1. The van der Waals surface area contributed by atoms with E-state index in [-0.39, 0.29) is 11.5 Å². The second-order valence-corrected chi connectivity index (χ2v) is 6.29. The van der Waals surface area contributed by atoms with E-state index >= 15 is 0 Å². The van der Waals surface area contributed by atoms with Crippen LogP contribution in [0.15, 0.2) is 18.2 Å². The van der Waals surface area contributed by atoms with E-state index in [4.69, 9.17) is 4.74 Å². The van der Waals surface area contributed by atoms with Gasteiger partial charge in [0.2, 0.25) is 0 Å². The van der Waals surface area contributed by atoms with Gasteiger partial charge in [0.25, 0.3) is 0 Å². The molecule has 21 heavy (non-hydrogen) atoms. The van der Waals surface area contributed by atoms with Gasteiger partial charge in [0.15, 0.2) is 0 Å². The molecule has 0 aliphatic carbocycles. The van der Waals surface area contributed by atoms with Crippen molar-refractivity contribution in [2.24, 2.45) is 5.92 Å². The van der Waals surface area contributed by atoms with Crippen molar-refractivity contribution in [1.82, 2.24) is 4.90 Å². The molecule has 2 rings (SSSR count). The minimum atomic E-state index is -1.01. The Bertz CT molecular complexity index is 516. The Morgan fingerprint density at radius 1 is 1.29 bits per heavy atom. The molecular formula is C15H19F2NO3. The molecular weight excluding hydrogens is 280 g/mol. The minimum absolute atomic E-state index is 0.182. The molecule has 6 heteroatoms. The molecule has 0 bridgehead atoms. The van der Waals surface area contributed by atoms with E-state index in [1.54, 1.807) is 20.8 Å². The summed E-state index contributed by atoms with van der Waals surface area (Å²) in [4.78, 5) is 13.2. The normalized spacial score (nSPS) is 17.3. The summed E-state index contributed by atoms with van der Waals surface area (Å²) < 4.78 is 31.5. The van der Waals surface area contributed by atoms with Gasteiger partial charge in [0.1, 0.15) is 17.2 Å². The van der Waals surface area contributed by atoms with E-state index in [9.17, 15) is 18.7 Å². The van der Waals surface area contributed by atoms with E-state index in [0.717, 1.165) is 18.2 Å². The summed E-state index contributed by atoms with van der Waals surface area (Å²) in [5.74, 6) is -1.71. The number of rotatable bonds is 2. The molecule has 1 aliphatic heterocycles. The van der Waals surface area contributed by atoms with E-state index < -0.39 is 29.4 Å². The molecule has 1 aliphatic rings. The summed E-state index contributed by atoms with van der Waals surface area (Å²) in [6, 6.07) is 2.96. The fraction of sp³-hybridized carbons (Fsp3) is 0.533. The highest BCUT2D eigenvalue weighted by Gasteiger charge is 2.38. The zero-order valence-electron chi connectivity index (χ0n) is 12.3. The Balaban J connectivity index is 1.93. The Morgan fingerprint density at radius 3 is 2.29 bits per heavy atom. The van der Waals surface area contributed by atoms with Gasteiger partial charge in [-0.15, -0.1) is 0 Å². The van der Waals surface area contributed by atoms with Crippen LogP contribution in [0.25, 0.3) is 0 Å². The molecule has 0 aromatic heterocycles. The molecule has 1 saturated heterocycles. The average Bonchev–Trinajstić information content (AvgIpc) is 2.22. The molecule has 1 fully saturated rings. The quantitative estimate of drug-likeness (QED) is 0.913. The average molecular weight is 299 g/mol. The first-order valence-corrected chi connectivity index (χ1v) is 6.78. The highest BCUT2D eigenvalue weighted by Crippen LogP contribution is 2.31. The molecule has 116 valence electrons. The van der Waals surface area contributed by atoms with Gasteiger partial charge in [-0.1, -0.05) is 0 Å². The molecule has 1 aromatic carbocycles. The van der Waals surface area contributed by atoms with Crippen molar-refractivity contribution in [2.45, 2.75) is 32.5 Å². The van der Waals surface area contributed by atoms with Crippen molar-refractivity contribution in [3.8, 4) is 0 Å². The largest absolute Gasteiger partial charge is 0.444 e. The van der Waals surface area contributed by atoms with Crippen LogP contribution in [0, 0.1) is 17.6 Å². The third-order valence-corrected chi connectivity index (χ3v) is 3.23. The summed E-state index contributed by atoms with van der Waals surface area (Å²) in [6.07, 6.45) is -1.45. The molecule has 1 amide bonds. The number of aliphatic hydroxyl groups excluding tert-OH is 1. The van der Waals surface area contributed by atoms with Crippen molar-refractivity contribution >= 4 is 6.09 Å². The first-order valence-electron chi connectivity index (χ1n) is 6.78. The van der Waals surface area contributed by atoms with Crippen LogP contribution in [0.3, 0.4) is 0 Å². The summed E-state index contributed by atoms with van der Waals surface area (Å²) in [7, 11) is 0. The second kappa shape index (κ2) is 5.60. The van der Waals surface area contributed by atoms with Crippen LogP contribution in [0.1, 0.15) is 32.4 Å². The Morgan fingerprint density at radius 2 is 1.81 bits per heavy atom. The number of ether oxygens (including phenoxy) is 1. The minimum Gasteiger partial charge on any atom is -0.444 e. The number of nitrogens with zero attached hydrogens (tertiary/aromatic N) is 1. The smallest absolute Gasteiger partial charge is 0.410 e. The Labute approximate surface area is 122 Å². The van der Waals surface area contributed by atoms with E-state index in [2.05, 4.69) is 0 Å². The zero-order chi connectivity index (χ0) is 15.8. The van der Waals surface area contributed by atoms with Crippen molar-refractivity contribution in [2.75, 3.05) is 13.1 Å². The van der Waals surface area contributed by atoms with Gasteiger partial charge in [-0.25, -0.2) is 13.6 Å². The van der Waals surface area contributed by atoms with Crippen LogP contribution in [0.5, 0.6) is 0 Å². The highest BCUT2D eigenvalue weighted by molar-refractivity contribution is 5.69. The van der Waals surface area contributed by atoms with Crippen LogP contribution >= 0.6 is 0 Å². The first kappa shape index (κ1) is 15.7. The lowest BCUT2D eigenvalue weighted by molar-refractivity contribution is -0.0315. The van der Waals surface area contributed by atoms with Crippen LogP contribution < -0.4 is 0 Å². The second-order valence-electron chi connectivity index (χ2n) is 6.29. The number of amides is 1. The highest BCUT2D eigenvalue weighted by atomic mass is 19.1. The maximum absolute atomic E-state index is 13.1. The molecule has 1 atom stereocenters. The van der Waals surface area contributed by atoms with Crippen molar-refractivity contribution in [1.29, 1.82) is 0 Å². The summed E-state index contributed by atoms with van der Waals surface area (Å²) in [5, 5.41) is 10.1. The first-order chi connectivity index (χ1) is 9.65. The molecule has 1 N–H and O–H groups in total. The number of benzene rings is 1. The summed E-state index contributed by atoms with van der Waals surface area (Å²) >= 11 is 0. The number of aliphatic hydroxyl groups is 1. The SMILES string of the molecule is CC(C)(C)OC(=O)N1CC([C@H](O)c2cc(F)cc(F)c2)C1. The van der Waals surface area contributed by atoms with Crippen LogP contribution in [-0.2, 0) is 4.74 Å². The lowest BCUT2D eigenvalue weighted by atomic mass is 9.89. The number of hydrogen-bond acceptors (Lipinski definition) is 3. The number of halogens is 2. The number of carbonyl (C=O) groups excluding carboxylic acids is 1. The van der Waals surface area contributed by atoms with Crippen LogP contribution in [-0.4, -0.2) is 34.8 Å². The van der Waals surface area contributed by atoms with Gasteiger partial charge in [-0.05, 0) is 38.5 Å². The topological polar surface area (TPSA) is 49.8 Å². The van der Waals surface area contributed by atoms with E-state index in [1.165, 1.54) is 4.90 Å². The van der Waals surface area contributed by atoms with Gasteiger partial charge >= 0.3 is 6.09 Å². The van der Waals surface area contributed by atoms with E-state index in [0.29, 0.717) is 13.1 Å². The maximum Gasteiger partial charge on any atom is 0.410 e. The van der Waals surface area contributed by atoms with E-state index in [1.807, 2.05) is 0 Å². The van der Waals surface area contributed by atoms with Gasteiger partial charge in [-0.3, -0.25) is 0 Å². The van der Waals surface area contributed by atoms with Crippen molar-refractivity contribution in [3.05, 3.63) is 35.4 Å². The van der Waals surface area contributed by atoms with Crippen molar-refractivity contribution < 1.29 is 23.4 Å². The lowest BCUT2D eigenvalue weighted by Crippen LogP contribution is -2.53. The van der Waals surface area contributed by atoms with Crippen LogP contribution in [0.2, 0.25) is 0 Å². The fourth-order valence-electron chi connectivity index (χ4n) is 2.21. The predicted molar refractivity (Wildman–Crippen MR) is 72.6 cm³/mol. The molecule has 4 nitrogen and oxygen atoms in total. The Kier molecular flexibility index (Phi) is 4.18.